The largest absolute Gasteiger partial charge is 0.237 e. The molecule has 0 aliphatic rings. The highest BCUT2D eigenvalue weighted by Gasteiger charge is 2.08. The van der Waals surface area contributed by atoms with Crippen LogP contribution in [0.4, 0.5) is 0 Å². The van der Waals surface area contributed by atoms with Crippen molar-refractivity contribution in [3.63, 3.8) is 0 Å². The van der Waals surface area contributed by atoms with E-state index in [1.165, 1.54) is 0 Å². The first-order valence-electron chi connectivity index (χ1n) is 5.86. The second-order valence-corrected chi connectivity index (χ2v) is 4.95. The van der Waals surface area contributed by atoms with Crippen LogP contribution in [0.5, 0.6) is 0 Å². The Morgan fingerprint density at radius 1 is 1.17 bits per heavy atom. The number of halogens is 2. The number of aryl methyl sites for hydroxylation is 1. The van der Waals surface area contributed by atoms with E-state index in [1.807, 2.05) is 38.1 Å². The molecule has 18 heavy (non-hydrogen) atoms. The molecule has 94 valence electrons. The number of aromatic nitrogens is 2. The van der Waals surface area contributed by atoms with Gasteiger partial charge in [-0.3, -0.25) is 0 Å². The molecule has 0 spiro atoms. The standard InChI is InChI=1S/C14H14Cl2N2/c1-3-12-9(2)17-13(18-14(12)16)8-10-5-4-6-11(15)7-10/h4-7H,3,8H2,1-2H3. The Hall–Kier alpha value is -1.12. The fraction of sp³-hybridized carbons (Fsp3) is 0.286. The summed E-state index contributed by atoms with van der Waals surface area (Å²) in [5.41, 5.74) is 3.06. The Morgan fingerprint density at radius 3 is 2.56 bits per heavy atom. The van der Waals surface area contributed by atoms with Gasteiger partial charge < -0.3 is 0 Å². The van der Waals surface area contributed by atoms with Crippen LogP contribution in [0.3, 0.4) is 0 Å². The molecule has 0 radical (unpaired) electrons. The van der Waals surface area contributed by atoms with Gasteiger partial charge in [0.25, 0.3) is 0 Å². The molecule has 1 aromatic heterocycles. The monoisotopic (exact) mass is 280 g/mol. The Labute approximate surface area is 117 Å². The van der Waals surface area contributed by atoms with Gasteiger partial charge in [-0.1, -0.05) is 42.3 Å². The fourth-order valence-corrected chi connectivity index (χ4v) is 2.51. The second kappa shape index (κ2) is 5.68. The molecule has 0 atom stereocenters. The summed E-state index contributed by atoms with van der Waals surface area (Å²) in [5, 5.41) is 1.28. The highest BCUT2D eigenvalue weighted by atomic mass is 35.5. The van der Waals surface area contributed by atoms with Gasteiger partial charge in [-0.15, -0.1) is 0 Å². The molecule has 0 bridgehead atoms. The topological polar surface area (TPSA) is 25.8 Å². The minimum atomic E-state index is 0.557. The summed E-state index contributed by atoms with van der Waals surface area (Å²) in [5.74, 6) is 0.733. The maximum atomic E-state index is 6.16. The lowest BCUT2D eigenvalue weighted by Crippen LogP contribution is -2.03. The quantitative estimate of drug-likeness (QED) is 0.786. The summed E-state index contributed by atoms with van der Waals surface area (Å²) in [4.78, 5) is 8.83. The van der Waals surface area contributed by atoms with E-state index in [-0.39, 0.29) is 0 Å². The molecular formula is C14H14Cl2N2. The van der Waals surface area contributed by atoms with Gasteiger partial charge in [0.1, 0.15) is 11.0 Å². The molecule has 0 aliphatic heterocycles. The summed E-state index contributed by atoms with van der Waals surface area (Å²) in [6.07, 6.45) is 1.49. The van der Waals surface area contributed by atoms with Crippen molar-refractivity contribution in [1.82, 2.24) is 9.97 Å². The van der Waals surface area contributed by atoms with Crippen molar-refractivity contribution >= 4 is 23.2 Å². The van der Waals surface area contributed by atoms with E-state index in [2.05, 4.69) is 9.97 Å². The number of nitrogens with zero attached hydrogens (tertiary/aromatic N) is 2. The number of hydrogen-bond donors (Lipinski definition) is 0. The molecule has 2 rings (SSSR count). The molecule has 4 heteroatoms. The van der Waals surface area contributed by atoms with Crippen molar-refractivity contribution in [1.29, 1.82) is 0 Å². The zero-order valence-electron chi connectivity index (χ0n) is 10.4. The van der Waals surface area contributed by atoms with Gasteiger partial charge in [-0.2, -0.15) is 0 Å². The van der Waals surface area contributed by atoms with Gasteiger partial charge in [0.2, 0.25) is 0 Å². The van der Waals surface area contributed by atoms with Crippen LogP contribution in [0, 0.1) is 6.92 Å². The molecule has 0 saturated carbocycles. The summed E-state index contributed by atoms with van der Waals surface area (Å²) >= 11 is 12.1. The lowest BCUT2D eigenvalue weighted by Gasteiger charge is -2.08. The molecule has 2 nitrogen and oxygen atoms in total. The molecule has 1 heterocycles. The van der Waals surface area contributed by atoms with Crippen molar-refractivity contribution in [2.45, 2.75) is 26.7 Å². The summed E-state index contributed by atoms with van der Waals surface area (Å²) < 4.78 is 0. The van der Waals surface area contributed by atoms with Gasteiger partial charge in [-0.25, -0.2) is 9.97 Å². The first kappa shape index (κ1) is 13.3. The molecule has 0 fully saturated rings. The zero-order valence-corrected chi connectivity index (χ0v) is 11.9. The number of hydrogen-bond acceptors (Lipinski definition) is 2. The molecule has 0 amide bonds. The smallest absolute Gasteiger partial charge is 0.136 e. The molecule has 0 saturated heterocycles. The third kappa shape index (κ3) is 3.01. The highest BCUT2D eigenvalue weighted by Crippen LogP contribution is 2.19. The Balaban J connectivity index is 2.30. The maximum Gasteiger partial charge on any atom is 0.136 e. The molecule has 1 aromatic carbocycles. The average Bonchev–Trinajstić information content (AvgIpc) is 2.28. The SMILES string of the molecule is CCc1c(C)nc(Cc2cccc(Cl)c2)nc1Cl. The summed E-state index contributed by atoms with van der Waals surface area (Å²) in [7, 11) is 0. The van der Waals surface area contributed by atoms with Gasteiger partial charge >= 0.3 is 0 Å². The predicted octanol–water partition coefficient (Wildman–Crippen LogP) is 4.25. The molecule has 2 aromatic rings. The fourth-order valence-electron chi connectivity index (χ4n) is 1.93. The highest BCUT2D eigenvalue weighted by molar-refractivity contribution is 6.30. The molecule has 0 aliphatic carbocycles. The molecule has 0 N–H and O–H groups in total. The van der Waals surface area contributed by atoms with Crippen LogP contribution in [0.2, 0.25) is 10.2 Å². The lowest BCUT2D eigenvalue weighted by molar-refractivity contribution is 0.905. The second-order valence-electron chi connectivity index (χ2n) is 4.15. The molecule has 0 unspecified atom stereocenters. The number of rotatable bonds is 3. The minimum Gasteiger partial charge on any atom is -0.237 e. The Morgan fingerprint density at radius 2 is 1.94 bits per heavy atom. The van der Waals surface area contributed by atoms with Gasteiger partial charge in [0, 0.05) is 22.7 Å². The van der Waals surface area contributed by atoms with Crippen molar-refractivity contribution in [3.05, 3.63) is 57.1 Å². The third-order valence-corrected chi connectivity index (χ3v) is 3.36. The summed E-state index contributed by atoms with van der Waals surface area (Å²) in [6.45, 7) is 4.02. The van der Waals surface area contributed by atoms with Crippen LogP contribution in [0.1, 0.15) is 29.6 Å². The van der Waals surface area contributed by atoms with Crippen LogP contribution in [-0.4, -0.2) is 9.97 Å². The van der Waals surface area contributed by atoms with E-state index in [0.717, 1.165) is 34.1 Å². The zero-order chi connectivity index (χ0) is 13.1. The summed E-state index contributed by atoms with van der Waals surface area (Å²) in [6, 6.07) is 7.70. The lowest BCUT2D eigenvalue weighted by atomic mass is 10.1. The minimum absolute atomic E-state index is 0.557. The maximum absolute atomic E-state index is 6.16. The number of benzene rings is 1. The normalized spacial score (nSPS) is 10.7. The van der Waals surface area contributed by atoms with E-state index in [4.69, 9.17) is 23.2 Å². The first-order valence-corrected chi connectivity index (χ1v) is 6.62. The Bertz CT molecular complexity index is 544. The van der Waals surface area contributed by atoms with E-state index >= 15 is 0 Å². The van der Waals surface area contributed by atoms with Crippen LogP contribution in [0.25, 0.3) is 0 Å². The van der Waals surface area contributed by atoms with Crippen LogP contribution in [-0.2, 0) is 12.8 Å². The van der Waals surface area contributed by atoms with Crippen molar-refractivity contribution < 1.29 is 0 Å². The van der Waals surface area contributed by atoms with Gasteiger partial charge in [0.05, 0.1) is 0 Å². The van der Waals surface area contributed by atoms with Crippen LogP contribution >= 0.6 is 23.2 Å². The van der Waals surface area contributed by atoms with Crippen molar-refractivity contribution in [2.24, 2.45) is 0 Å². The van der Waals surface area contributed by atoms with E-state index in [9.17, 15) is 0 Å². The third-order valence-electron chi connectivity index (χ3n) is 2.81. The van der Waals surface area contributed by atoms with E-state index in [0.29, 0.717) is 11.6 Å². The predicted molar refractivity (Wildman–Crippen MR) is 75.4 cm³/mol. The van der Waals surface area contributed by atoms with Gasteiger partial charge in [0.15, 0.2) is 0 Å². The first-order chi connectivity index (χ1) is 8.60. The van der Waals surface area contributed by atoms with Crippen LogP contribution in [0.15, 0.2) is 24.3 Å². The van der Waals surface area contributed by atoms with Crippen LogP contribution < -0.4 is 0 Å². The van der Waals surface area contributed by atoms with Crippen molar-refractivity contribution in [3.8, 4) is 0 Å². The van der Waals surface area contributed by atoms with Crippen molar-refractivity contribution in [2.75, 3.05) is 0 Å². The van der Waals surface area contributed by atoms with Gasteiger partial charge in [-0.05, 0) is 31.0 Å². The van der Waals surface area contributed by atoms with E-state index < -0.39 is 0 Å². The Kier molecular flexibility index (Phi) is 4.20. The van der Waals surface area contributed by atoms with E-state index in [1.54, 1.807) is 0 Å². The molecular weight excluding hydrogens is 267 g/mol. The average molecular weight is 281 g/mol.